The van der Waals surface area contributed by atoms with Crippen molar-refractivity contribution in [1.82, 2.24) is 0 Å². The van der Waals surface area contributed by atoms with E-state index < -0.39 is 0 Å². The number of hydrogen-bond acceptors (Lipinski definition) is 0. The average Bonchev–Trinajstić information content (AvgIpc) is 2.28. The summed E-state index contributed by atoms with van der Waals surface area (Å²) >= 11 is 3.44. The quantitative estimate of drug-likeness (QED) is 0.349. The Bertz CT molecular complexity index is 166. The maximum absolute atomic E-state index is 3.44. The molecule has 1 aliphatic carbocycles. The highest BCUT2D eigenvalue weighted by molar-refractivity contribution is 9.09. The van der Waals surface area contributed by atoms with Gasteiger partial charge in [-0.3, -0.25) is 0 Å². The van der Waals surface area contributed by atoms with Gasteiger partial charge in [-0.05, 0) is 37.5 Å². The molecule has 0 amide bonds. The molecule has 0 heterocycles. The fourth-order valence-corrected chi connectivity index (χ4v) is 2.81. The summed E-state index contributed by atoms with van der Waals surface area (Å²) in [4.78, 5) is 0. The summed E-state index contributed by atoms with van der Waals surface area (Å²) in [7, 11) is 0. The van der Waals surface area contributed by atoms with E-state index >= 15 is 0 Å². The van der Waals surface area contributed by atoms with Crippen LogP contribution in [0.2, 0.25) is 0 Å². The lowest BCUT2D eigenvalue weighted by atomic mass is 9.79. The number of allylic oxidation sites excluding steroid dienone is 2. The van der Waals surface area contributed by atoms with E-state index in [9.17, 15) is 0 Å². The van der Waals surface area contributed by atoms with E-state index in [0.717, 1.165) is 17.2 Å². The first kappa shape index (κ1) is 13.3. The third kappa shape index (κ3) is 5.75. The highest BCUT2D eigenvalue weighted by Crippen LogP contribution is 2.32. The van der Waals surface area contributed by atoms with Gasteiger partial charge in [0.2, 0.25) is 0 Å². The van der Waals surface area contributed by atoms with Crippen LogP contribution in [0.25, 0.3) is 0 Å². The van der Waals surface area contributed by atoms with Crippen LogP contribution in [-0.2, 0) is 0 Å². The maximum Gasteiger partial charge on any atom is 0.0212 e. The van der Waals surface area contributed by atoms with E-state index in [-0.39, 0.29) is 0 Å². The molecule has 15 heavy (non-hydrogen) atoms. The minimum atomic E-state index is 0.880. The molecular formula is C14H25Br. The van der Waals surface area contributed by atoms with Crippen molar-refractivity contribution < 1.29 is 0 Å². The van der Waals surface area contributed by atoms with Gasteiger partial charge < -0.3 is 0 Å². The zero-order valence-electron chi connectivity index (χ0n) is 10.1. The number of hydrogen-bond donors (Lipinski definition) is 0. The maximum atomic E-state index is 3.44. The molecule has 0 aromatic rings. The summed E-state index contributed by atoms with van der Waals surface area (Å²) in [5, 5.41) is 1.02. The largest absolute Gasteiger partial charge is 0.0883 e. The minimum Gasteiger partial charge on any atom is -0.0883 e. The van der Waals surface area contributed by atoms with Gasteiger partial charge in [0, 0.05) is 5.33 Å². The summed E-state index contributed by atoms with van der Waals surface area (Å²) in [5.41, 5.74) is 0. The third-order valence-corrected chi connectivity index (χ3v) is 3.98. The molecule has 0 unspecified atom stereocenters. The van der Waals surface area contributed by atoms with Crippen molar-refractivity contribution in [3.8, 4) is 0 Å². The highest BCUT2D eigenvalue weighted by atomic mass is 79.9. The van der Waals surface area contributed by atoms with Crippen molar-refractivity contribution in [1.29, 1.82) is 0 Å². The summed E-state index contributed by atoms with van der Waals surface area (Å²) in [6.45, 7) is 2.29. The van der Waals surface area contributed by atoms with Crippen molar-refractivity contribution in [2.24, 2.45) is 11.8 Å². The lowest BCUT2D eigenvalue weighted by molar-refractivity contribution is 0.289. The molecule has 1 fully saturated rings. The number of halogens is 1. The molecule has 1 heteroatoms. The predicted octanol–water partition coefficient (Wildman–Crippen LogP) is 5.32. The molecule has 0 atom stereocenters. The van der Waals surface area contributed by atoms with Crippen molar-refractivity contribution in [2.75, 3.05) is 5.33 Å². The van der Waals surface area contributed by atoms with E-state index in [1.54, 1.807) is 0 Å². The second-order valence-electron chi connectivity index (χ2n) is 4.86. The van der Waals surface area contributed by atoms with Crippen molar-refractivity contribution in [3.05, 3.63) is 12.2 Å². The molecule has 0 saturated heterocycles. The first-order valence-corrected chi connectivity index (χ1v) is 7.71. The smallest absolute Gasteiger partial charge is 0.0212 e. The Morgan fingerprint density at radius 3 is 2.47 bits per heavy atom. The van der Waals surface area contributed by atoms with Crippen LogP contribution in [0.1, 0.15) is 58.3 Å². The Morgan fingerprint density at radius 1 is 1.13 bits per heavy atom. The predicted molar refractivity (Wildman–Crippen MR) is 72.5 cm³/mol. The monoisotopic (exact) mass is 272 g/mol. The van der Waals surface area contributed by atoms with Gasteiger partial charge in [0.15, 0.2) is 0 Å². The van der Waals surface area contributed by atoms with Gasteiger partial charge >= 0.3 is 0 Å². The Labute approximate surface area is 104 Å². The molecule has 0 aliphatic heterocycles. The molecule has 0 aromatic heterocycles. The third-order valence-electron chi connectivity index (χ3n) is 3.60. The molecule has 1 aliphatic rings. The molecule has 0 nitrogen and oxygen atoms in total. The molecule has 0 radical (unpaired) electrons. The number of unbranched alkanes of at least 4 members (excludes halogenated alkanes) is 2. The van der Waals surface area contributed by atoms with Crippen molar-refractivity contribution >= 4 is 15.9 Å². The fourth-order valence-electron chi connectivity index (χ4n) is 2.60. The standard InChI is InChI=1S/C14H25Br/c1-2-3-4-6-13-8-10-14(11-9-13)7-5-12-15/h5,7,13-14H,2-4,6,8-12H2,1H3. The van der Waals surface area contributed by atoms with E-state index in [2.05, 4.69) is 35.0 Å². The zero-order chi connectivity index (χ0) is 10.9. The Morgan fingerprint density at radius 2 is 1.87 bits per heavy atom. The van der Waals surface area contributed by atoms with Gasteiger partial charge in [0.25, 0.3) is 0 Å². The van der Waals surface area contributed by atoms with Gasteiger partial charge in [-0.15, -0.1) is 0 Å². The first-order chi connectivity index (χ1) is 7.36. The second-order valence-corrected chi connectivity index (χ2v) is 5.51. The Hall–Kier alpha value is 0.220. The summed E-state index contributed by atoms with van der Waals surface area (Å²) in [5.74, 6) is 1.93. The van der Waals surface area contributed by atoms with Crippen LogP contribution in [0, 0.1) is 11.8 Å². The van der Waals surface area contributed by atoms with E-state index in [4.69, 9.17) is 0 Å². The van der Waals surface area contributed by atoms with E-state index in [1.165, 1.54) is 51.4 Å². The summed E-state index contributed by atoms with van der Waals surface area (Å²) < 4.78 is 0. The van der Waals surface area contributed by atoms with Crippen LogP contribution >= 0.6 is 15.9 Å². The summed E-state index contributed by atoms with van der Waals surface area (Å²) in [6, 6.07) is 0. The molecule has 88 valence electrons. The average molecular weight is 273 g/mol. The minimum absolute atomic E-state index is 0.880. The highest BCUT2D eigenvalue weighted by Gasteiger charge is 2.18. The lowest BCUT2D eigenvalue weighted by Crippen LogP contribution is -2.13. The van der Waals surface area contributed by atoms with Gasteiger partial charge in [0.1, 0.15) is 0 Å². The Balaban J connectivity index is 2.09. The zero-order valence-corrected chi connectivity index (χ0v) is 11.6. The van der Waals surface area contributed by atoms with E-state index in [1.807, 2.05) is 0 Å². The second kappa shape index (κ2) is 8.38. The van der Waals surface area contributed by atoms with Gasteiger partial charge in [-0.2, -0.15) is 0 Å². The van der Waals surface area contributed by atoms with Crippen molar-refractivity contribution in [2.45, 2.75) is 58.3 Å². The van der Waals surface area contributed by atoms with E-state index in [0.29, 0.717) is 0 Å². The number of alkyl halides is 1. The van der Waals surface area contributed by atoms with Crippen LogP contribution in [0.4, 0.5) is 0 Å². The van der Waals surface area contributed by atoms with Gasteiger partial charge in [-0.1, -0.05) is 60.7 Å². The molecule has 0 aromatic carbocycles. The molecular weight excluding hydrogens is 248 g/mol. The molecule has 0 bridgehead atoms. The lowest BCUT2D eigenvalue weighted by Gasteiger charge is -2.26. The molecule has 1 saturated carbocycles. The molecule has 1 rings (SSSR count). The Kier molecular flexibility index (Phi) is 7.42. The molecule has 0 spiro atoms. The number of rotatable bonds is 6. The first-order valence-electron chi connectivity index (χ1n) is 6.59. The van der Waals surface area contributed by atoms with Crippen LogP contribution < -0.4 is 0 Å². The van der Waals surface area contributed by atoms with Crippen LogP contribution in [0.5, 0.6) is 0 Å². The van der Waals surface area contributed by atoms with Crippen molar-refractivity contribution in [3.63, 3.8) is 0 Å². The van der Waals surface area contributed by atoms with Crippen LogP contribution in [0.3, 0.4) is 0 Å². The fraction of sp³-hybridized carbons (Fsp3) is 0.857. The van der Waals surface area contributed by atoms with Gasteiger partial charge in [0.05, 0.1) is 0 Å². The van der Waals surface area contributed by atoms with Gasteiger partial charge in [-0.25, -0.2) is 0 Å². The topological polar surface area (TPSA) is 0 Å². The van der Waals surface area contributed by atoms with Crippen LogP contribution in [0.15, 0.2) is 12.2 Å². The van der Waals surface area contributed by atoms with Crippen LogP contribution in [-0.4, -0.2) is 5.33 Å². The SMILES string of the molecule is CCCCCC1CCC(C=CCBr)CC1. The molecule has 0 N–H and O–H groups in total. The summed E-state index contributed by atoms with van der Waals surface area (Å²) in [6.07, 6.45) is 16.2. The normalized spacial score (nSPS) is 27.3.